The van der Waals surface area contributed by atoms with E-state index in [1.165, 1.54) is 12.1 Å². The molecule has 1 rings (SSSR count). The average molecular weight is 225 g/mol. The van der Waals surface area contributed by atoms with Crippen LogP contribution in [-0.4, -0.2) is 12.4 Å². The summed E-state index contributed by atoms with van der Waals surface area (Å²) in [6.07, 6.45) is 1.87. The molecule has 1 aromatic rings. The molecule has 0 amide bonds. The fourth-order valence-electron chi connectivity index (χ4n) is 1.08. The summed E-state index contributed by atoms with van der Waals surface area (Å²) in [7, 11) is 0. The van der Waals surface area contributed by atoms with Gasteiger partial charge in [-0.15, -0.1) is 0 Å². The monoisotopic (exact) mass is 225 g/mol. The van der Waals surface area contributed by atoms with E-state index in [0.29, 0.717) is 12.4 Å². The van der Waals surface area contributed by atoms with Crippen LogP contribution in [0.3, 0.4) is 0 Å². The standard InChI is InChI=1S/C11H12FNOS/c12-11-7-10(4-3-9(11)8-13)14-5-1-2-6-15/h3-4,7,15H,1-2,5-6H2. The molecule has 0 heterocycles. The molecule has 0 aliphatic carbocycles. The molecule has 0 unspecified atom stereocenters. The first-order chi connectivity index (χ1) is 7.27. The maximum absolute atomic E-state index is 13.1. The van der Waals surface area contributed by atoms with Crippen molar-refractivity contribution in [3.63, 3.8) is 0 Å². The molecule has 0 atom stereocenters. The second-order valence-electron chi connectivity index (χ2n) is 3.03. The Balaban J connectivity index is 2.49. The molecule has 0 saturated heterocycles. The molecule has 15 heavy (non-hydrogen) atoms. The smallest absolute Gasteiger partial charge is 0.144 e. The molecule has 80 valence electrons. The minimum atomic E-state index is -0.538. The number of halogens is 1. The Hall–Kier alpha value is -1.21. The number of nitrogens with zero attached hydrogens (tertiary/aromatic N) is 1. The van der Waals surface area contributed by atoms with Crippen molar-refractivity contribution in [1.82, 2.24) is 0 Å². The number of nitriles is 1. The molecule has 0 saturated carbocycles. The number of thiol groups is 1. The molecule has 0 bridgehead atoms. The summed E-state index contributed by atoms with van der Waals surface area (Å²) in [5, 5.41) is 8.52. The molecule has 2 nitrogen and oxygen atoms in total. The van der Waals surface area contributed by atoms with Gasteiger partial charge in [-0.1, -0.05) is 0 Å². The van der Waals surface area contributed by atoms with Crippen LogP contribution in [-0.2, 0) is 0 Å². The van der Waals surface area contributed by atoms with Crippen LogP contribution in [0.15, 0.2) is 18.2 Å². The molecule has 1 aromatic carbocycles. The molecule has 0 spiro atoms. The zero-order chi connectivity index (χ0) is 11.1. The SMILES string of the molecule is N#Cc1ccc(OCCCCS)cc1F. The Morgan fingerprint density at radius 2 is 2.20 bits per heavy atom. The molecule has 0 aliphatic heterocycles. The normalized spacial score (nSPS) is 9.67. The minimum absolute atomic E-state index is 0.0395. The van der Waals surface area contributed by atoms with Gasteiger partial charge in [-0.25, -0.2) is 4.39 Å². The van der Waals surface area contributed by atoms with E-state index < -0.39 is 5.82 Å². The minimum Gasteiger partial charge on any atom is -0.493 e. The quantitative estimate of drug-likeness (QED) is 0.617. The molecule has 4 heteroatoms. The van der Waals surface area contributed by atoms with Crippen LogP contribution < -0.4 is 4.74 Å². The van der Waals surface area contributed by atoms with Crippen LogP contribution >= 0.6 is 12.6 Å². The van der Waals surface area contributed by atoms with Gasteiger partial charge in [0, 0.05) is 6.07 Å². The number of benzene rings is 1. The summed E-state index contributed by atoms with van der Waals surface area (Å²) in [5.41, 5.74) is 0.0395. The van der Waals surface area contributed by atoms with Crippen LogP contribution in [0.4, 0.5) is 4.39 Å². The molecular weight excluding hydrogens is 213 g/mol. The molecule has 0 radical (unpaired) electrons. The lowest BCUT2D eigenvalue weighted by Gasteiger charge is -2.05. The van der Waals surface area contributed by atoms with Gasteiger partial charge in [0.15, 0.2) is 0 Å². The van der Waals surface area contributed by atoms with E-state index in [1.807, 2.05) is 0 Å². The van der Waals surface area contributed by atoms with Crippen LogP contribution in [0.2, 0.25) is 0 Å². The maximum atomic E-state index is 13.1. The van der Waals surface area contributed by atoms with Crippen molar-refractivity contribution in [2.45, 2.75) is 12.8 Å². The summed E-state index contributed by atoms with van der Waals surface area (Å²) < 4.78 is 18.4. The predicted molar refractivity (Wildman–Crippen MR) is 59.7 cm³/mol. The summed E-state index contributed by atoms with van der Waals surface area (Å²) in [6, 6.07) is 6.01. The van der Waals surface area contributed by atoms with E-state index >= 15 is 0 Å². The third kappa shape index (κ3) is 3.80. The van der Waals surface area contributed by atoms with Gasteiger partial charge in [-0.05, 0) is 30.7 Å². The lowest BCUT2D eigenvalue weighted by atomic mass is 10.2. The third-order valence-corrected chi connectivity index (χ3v) is 2.20. The Morgan fingerprint density at radius 1 is 1.40 bits per heavy atom. The van der Waals surface area contributed by atoms with Gasteiger partial charge < -0.3 is 4.74 Å². The summed E-state index contributed by atoms with van der Waals surface area (Å²) >= 11 is 4.07. The summed E-state index contributed by atoms with van der Waals surface area (Å²) in [4.78, 5) is 0. The fraction of sp³-hybridized carbons (Fsp3) is 0.364. The van der Waals surface area contributed by atoms with Gasteiger partial charge in [0.05, 0.1) is 12.2 Å². The first kappa shape index (κ1) is 11.9. The second kappa shape index (κ2) is 6.31. The average Bonchev–Trinajstić information content (AvgIpc) is 2.25. The largest absolute Gasteiger partial charge is 0.493 e. The van der Waals surface area contributed by atoms with Crippen molar-refractivity contribution in [2.24, 2.45) is 0 Å². The third-order valence-electron chi connectivity index (χ3n) is 1.88. The van der Waals surface area contributed by atoms with E-state index in [-0.39, 0.29) is 5.56 Å². The fourth-order valence-corrected chi connectivity index (χ4v) is 1.30. The molecule has 0 aliphatic rings. The zero-order valence-corrected chi connectivity index (χ0v) is 9.14. The van der Waals surface area contributed by atoms with Crippen LogP contribution in [0, 0.1) is 17.1 Å². The van der Waals surface area contributed by atoms with E-state index in [2.05, 4.69) is 12.6 Å². The van der Waals surface area contributed by atoms with Crippen molar-refractivity contribution in [3.05, 3.63) is 29.6 Å². The van der Waals surface area contributed by atoms with Gasteiger partial charge in [0.25, 0.3) is 0 Å². The highest BCUT2D eigenvalue weighted by molar-refractivity contribution is 7.80. The molecular formula is C11H12FNOS. The van der Waals surface area contributed by atoms with Crippen LogP contribution in [0.5, 0.6) is 5.75 Å². The van der Waals surface area contributed by atoms with E-state index in [1.54, 1.807) is 12.1 Å². The number of unbranched alkanes of at least 4 members (excludes halogenated alkanes) is 1. The van der Waals surface area contributed by atoms with Gasteiger partial charge >= 0.3 is 0 Å². The number of rotatable bonds is 5. The van der Waals surface area contributed by atoms with Crippen molar-refractivity contribution < 1.29 is 9.13 Å². The van der Waals surface area contributed by atoms with Gasteiger partial charge in [0.2, 0.25) is 0 Å². The molecule has 0 N–H and O–H groups in total. The number of hydrogen-bond donors (Lipinski definition) is 1. The highest BCUT2D eigenvalue weighted by Crippen LogP contribution is 2.16. The Labute approximate surface area is 94.1 Å². The maximum Gasteiger partial charge on any atom is 0.144 e. The zero-order valence-electron chi connectivity index (χ0n) is 8.24. The lowest BCUT2D eigenvalue weighted by Crippen LogP contribution is -1.98. The van der Waals surface area contributed by atoms with Crippen molar-refractivity contribution >= 4 is 12.6 Å². The van der Waals surface area contributed by atoms with Gasteiger partial charge in [0.1, 0.15) is 17.6 Å². The highest BCUT2D eigenvalue weighted by atomic mass is 32.1. The van der Waals surface area contributed by atoms with Crippen molar-refractivity contribution in [2.75, 3.05) is 12.4 Å². The molecule has 0 fully saturated rings. The Bertz CT molecular complexity index is 362. The summed E-state index contributed by atoms with van der Waals surface area (Å²) in [5.74, 6) is 0.750. The molecule has 0 aromatic heterocycles. The van der Waals surface area contributed by atoms with Crippen molar-refractivity contribution in [3.8, 4) is 11.8 Å². The summed E-state index contributed by atoms with van der Waals surface area (Å²) in [6.45, 7) is 0.548. The lowest BCUT2D eigenvalue weighted by molar-refractivity contribution is 0.308. The van der Waals surface area contributed by atoms with E-state index in [0.717, 1.165) is 18.6 Å². The topological polar surface area (TPSA) is 33.0 Å². The Morgan fingerprint density at radius 3 is 2.80 bits per heavy atom. The first-order valence-electron chi connectivity index (χ1n) is 4.71. The number of ether oxygens (including phenoxy) is 1. The van der Waals surface area contributed by atoms with Crippen molar-refractivity contribution in [1.29, 1.82) is 5.26 Å². The first-order valence-corrected chi connectivity index (χ1v) is 5.34. The van der Waals surface area contributed by atoms with E-state index in [4.69, 9.17) is 10.00 Å². The number of hydrogen-bond acceptors (Lipinski definition) is 3. The predicted octanol–water partition coefficient (Wildman–Crippen LogP) is 2.79. The highest BCUT2D eigenvalue weighted by Gasteiger charge is 2.02. The Kier molecular flexibility index (Phi) is 4.99. The van der Waals surface area contributed by atoms with Gasteiger partial charge in [-0.2, -0.15) is 17.9 Å². The van der Waals surface area contributed by atoms with Crippen LogP contribution in [0.25, 0.3) is 0 Å². The van der Waals surface area contributed by atoms with Crippen LogP contribution in [0.1, 0.15) is 18.4 Å². The van der Waals surface area contributed by atoms with E-state index in [9.17, 15) is 4.39 Å². The van der Waals surface area contributed by atoms with Gasteiger partial charge in [-0.3, -0.25) is 0 Å². The second-order valence-corrected chi connectivity index (χ2v) is 3.48.